The van der Waals surface area contributed by atoms with Crippen LogP contribution in [0.5, 0.6) is 11.5 Å². The molecule has 1 unspecified atom stereocenters. The van der Waals surface area contributed by atoms with Crippen LogP contribution >= 0.6 is 11.6 Å². The minimum atomic E-state index is 0.447. The number of hydrogen-bond donors (Lipinski definition) is 0. The van der Waals surface area contributed by atoms with Crippen LogP contribution < -0.4 is 9.47 Å². The Bertz CT molecular complexity index is 592. The molecule has 0 amide bonds. The standard InChI is InChI=1S/C19H27ClN2O3/c20-17-11-15(12-18-19(17)25-10-9-24-18)13-21-4-2-5-22(7-6-21)14-16-3-1-8-23-16/h11-12,16H,1-10,13-14H2. The second-order valence-electron chi connectivity index (χ2n) is 7.17. The third-order valence-corrected chi connectivity index (χ3v) is 5.51. The van der Waals surface area contributed by atoms with Crippen LogP contribution in [0.4, 0.5) is 0 Å². The molecular weight excluding hydrogens is 340 g/mol. The predicted molar refractivity (Wildman–Crippen MR) is 97.8 cm³/mol. The lowest BCUT2D eigenvalue weighted by Crippen LogP contribution is -2.35. The molecule has 1 aromatic rings. The molecule has 1 aromatic carbocycles. The van der Waals surface area contributed by atoms with Crippen LogP contribution in [0.2, 0.25) is 5.02 Å². The van der Waals surface area contributed by atoms with E-state index in [1.54, 1.807) is 0 Å². The minimum absolute atomic E-state index is 0.447. The Hall–Kier alpha value is -1.01. The molecule has 0 N–H and O–H groups in total. The van der Waals surface area contributed by atoms with Crippen molar-refractivity contribution in [2.45, 2.75) is 31.9 Å². The van der Waals surface area contributed by atoms with Crippen LogP contribution in [0.1, 0.15) is 24.8 Å². The molecule has 6 heteroatoms. The Labute approximate surface area is 154 Å². The maximum atomic E-state index is 6.37. The topological polar surface area (TPSA) is 34.2 Å². The van der Waals surface area contributed by atoms with Crippen LogP contribution in [0.15, 0.2) is 12.1 Å². The van der Waals surface area contributed by atoms with E-state index in [0.29, 0.717) is 30.1 Å². The lowest BCUT2D eigenvalue weighted by Gasteiger charge is -2.25. The van der Waals surface area contributed by atoms with Gasteiger partial charge in [-0.25, -0.2) is 0 Å². The predicted octanol–water partition coefficient (Wildman–Crippen LogP) is 2.80. The summed E-state index contributed by atoms with van der Waals surface area (Å²) in [4.78, 5) is 5.07. The highest BCUT2D eigenvalue weighted by molar-refractivity contribution is 6.32. The van der Waals surface area contributed by atoms with E-state index in [0.717, 1.165) is 51.6 Å². The van der Waals surface area contributed by atoms with Crippen LogP contribution in [-0.4, -0.2) is 68.4 Å². The highest BCUT2D eigenvalue weighted by Crippen LogP contribution is 2.38. The van der Waals surface area contributed by atoms with E-state index in [2.05, 4.69) is 15.9 Å². The SMILES string of the molecule is Clc1cc(CN2CCCN(CC3CCCO3)CC2)cc2c1OCCO2. The number of halogens is 1. The second-order valence-corrected chi connectivity index (χ2v) is 7.57. The van der Waals surface area contributed by atoms with Crippen molar-refractivity contribution in [2.24, 2.45) is 0 Å². The molecule has 0 spiro atoms. The first-order valence-electron chi connectivity index (χ1n) is 9.42. The molecule has 3 aliphatic heterocycles. The third-order valence-electron chi connectivity index (χ3n) is 5.23. The van der Waals surface area contributed by atoms with E-state index in [1.807, 2.05) is 6.07 Å². The van der Waals surface area contributed by atoms with Gasteiger partial charge in [0.15, 0.2) is 11.5 Å². The fourth-order valence-corrected chi connectivity index (χ4v) is 4.24. The zero-order valence-corrected chi connectivity index (χ0v) is 15.5. The van der Waals surface area contributed by atoms with Crippen molar-refractivity contribution in [1.82, 2.24) is 9.80 Å². The fraction of sp³-hybridized carbons (Fsp3) is 0.684. The van der Waals surface area contributed by atoms with E-state index >= 15 is 0 Å². The average molecular weight is 367 g/mol. The Morgan fingerprint density at radius 2 is 1.80 bits per heavy atom. The molecule has 0 aliphatic carbocycles. The summed E-state index contributed by atoms with van der Waals surface area (Å²) in [5.41, 5.74) is 1.20. The summed E-state index contributed by atoms with van der Waals surface area (Å²) < 4.78 is 17.1. The zero-order chi connectivity index (χ0) is 17.1. The van der Waals surface area contributed by atoms with E-state index in [-0.39, 0.29) is 0 Å². The first kappa shape index (κ1) is 17.4. The smallest absolute Gasteiger partial charge is 0.179 e. The van der Waals surface area contributed by atoms with Crippen LogP contribution in [0, 0.1) is 0 Å². The highest BCUT2D eigenvalue weighted by Gasteiger charge is 2.22. The molecule has 2 fully saturated rings. The first-order valence-corrected chi connectivity index (χ1v) is 9.80. The summed E-state index contributed by atoms with van der Waals surface area (Å²) in [6.07, 6.45) is 4.08. The first-order chi connectivity index (χ1) is 12.3. The van der Waals surface area contributed by atoms with Crippen molar-refractivity contribution in [1.29, 1.82) is 0 Å². The summed E-state index contributed by atoms with van der Waals surface area (Å²) in [6.45, 7) is 8.57. The zero-order valence-electron chi connectivity index (χ0n) is 14.7. The van der Waals surface area contributed by atoms with Crippen LogP contribution in [0.3, 0.4) is 0 Å². The fourth-order valence-electron chi connectivity index (χ4n) is 3.96. The molecule has 0 bridgehead atoms. The normalized spacial score (nSPS) is 25.1. The number of nitrogens with zero attached hydrogens (tertiary/aromatic N) is 2. The van der Waals surface area contributed by atoms with Gasteiger partial charge in [-0.15, -0.1) is 0 Å². The third kappa shape index (κ3) is 4.40. The number of fused-ring (bicyclic) bond motifs is 1. The number of ether oxygens (including phenoxy) is 3. The minimum Gasteiger partial charge on any atom is -0.486 e. The molecule has 4 rings (SSSR count). The van der Waals surface area contributed by atoms with Gasteiger partial charge in [-0.05, 0) is 50.0 Å². The average Bonchev–Trinajstić information content (AvgIpc) is 3.02. The van der Waals surface area contributed by atoms with Gasteiger partial charge in [0.2, 0.25) is 0 Å². The van der Waals surface area contributed by atoms with Crippen LogP contribution in [0.25, 0.3) is 0 Å². The van der Waals surface area contributed by atoms with Crippen molar-refractivity contribution >= 4 is 11.6 Å². The molecule has 138 valence electrons. The van der Waals surface area contributed by atoms with Gasteiger partial charge in [0.25, 0.3) is 0 Å². The number of benzene rings is 1. The molecular formula is C19H27ClN2O3. The highest BCUT2D eigenvalue weighted by atomic mass is 35.5. The van der Waals surface area contributed by atoms with Crippen LogP contribution in [-0.2, 0) is 11.3 Å². The Kier molecular flexibility index (Phi) is 5.66. The quantitative estimate of drug-likeness (QED) is 0.818. The number of hydrogen-bond acceptors (Lipinski definition) is 5. The van der Waals surface area contributed by atoms with Gasteiger partial charge in [0.05, 0.1) is 11.1 Å². The van der Waals surface area contributed by atoms with Gasteiger partial charge in [-0.3, -0.25) is 9.80 Å². The molecule has 5 nitrogen and oxygen atoms in total. The van der Waals surface area contributed by atoms with Gasteiger partial charge in [0, 0.05) is 32.8 Å². The Balaban J connectivity index is 1.34. The van der Waals surface area contributed by atoms with Crippen molar-refractivity contribution in [3.63, 3.8) is 0 Å². The van der Waals surface area contributed by atoms with Gasteiger partial charge in [0.1, 0.15) is 13.2 Å². The maximum Gasteiger partial charge on any atom is 0.179 e. The van der Waals surface area contributed by atoms with E-state index in [1.165, 1.54) is 24.8 Å². The van der Waals surface area contributed by atoms with E-state index in [4.69, 9.17) is 25.8 Å². The number of rotatable bonds is 4. The van der Waals surface area contributed by atoms with Gasteiger partial charge >= 0.3 is 0 Å². The lowest BCUT2D eigenvalue weighted by atomic mass is 10.1. The summed E-state index contributed by atoms with van der Waals surface area (Å²) in [5, 5.41) is 0.655. The van der Waals surface area contributed by atoms with Crippen molar-refractivity contribution < 1.29 is 14.2 Å². The molecule has 3 aliphatic rings. The molecule has 0 aromatic heterocycles. The molecule has 3 heterocycles. The van der Waals surface area contributed by atoms with Gasteiger partial charge in [-0.1, -0.05) is 11.6 Å². The maximum absolute atomic E-state index is 6.37. The van der Waals surface area contributed by atoms with Crippen molar-refractivity contribution in [3.05, 3.63) is 22.7 Å². The monoisotopic (exact) mass is 366 g/mol. The van der Waals surface area contributed by atoms with Gasteiger partial charge < -0.3 is 14.2 Å². The summed E-state index contributed by atoms with van der Waals surface area (Å²) >= 11 is 6.37. The molecule has 25 heavy (non-hydrogen) atoms. The molecule has 2 saturated heterocycles. The van der Waals surface area contributed by atoms with Gasteiger partial charge in [-0.2, -0.15) is 0 Å². The molecule has 0 saturated carbocycles. The van der Waals surface area contributed by atoms with E-state index < -0.39 is 0 Å². The summed E-state index contributed by atoms with van der Waals surface area (Å²) in [6, 6.07) is 4.10. The summed E-state index contributed by atoms with van der Waals surface area (Å²) in [7, 11) is 0. The molecule has 0 radical (unpaired) electrons. The largest absolute Gasteiger partial charge is 0.486 e. The lowest BCUT2D eigenvalue weighted by molar-refractivity contribution is 0.0742. The second kappa shape index (κ2) is 8.12. The van der Waals surface area contributed by atoms with Crippen molar-refractivity contribution in [3.8, 4) is 11.5 Å². The Morgan fingerprint density at radius 3 is 2.68 bits per heavy atom. The van der Waals surface area contributed by atoms with E-state index in [9.17, 15) is 0 Å². The molecule has 1 atom stereocenters. The Morgan fingerprint density at radius 1 is 0.960 bits per heavy atom. The van der Waals surface area contributed by atoms with Crippen molar-refractivity contribution in [2.75, 3.05) is 52.5 Å². The summed E-state index contributed by atoms with van der Waals surface area (Å²) in [5.74, 6) is 1.47.